The van der Waals surface area contributed by atoms with Crippen molar-refractivity contribution in [2.45, 2.75) is 0 Å². The zero-order valence-corrected chi connectivity index (χ0v) is 12.0. The SMILES string of the molecule is COP(=S)(OC)SP(=S)(OC)OC. The van der Waals surface area contributed by atoms with E-state index < -0.39 is 11.4 Å². The Morgan fingerprint density at radius 1 is 0.769 bits per heavy atom. The molecule has 0 aromatic rings. The molecule has 0 bridgehead atoms. The molecule has 13 heavy (non-hydrogen) atoms. The molecule has 0 spiro atoms. The Morgan fingerprint density at radius 2 is 1.00 bits per heavy atom. The smallest absolute Gasteiger partial charge is 0.255 e. The molecule has 0 fully saturated rings. The van der Waals surface area contributed by atoms with E-state index in [2.05, 4.69) is 0 Å². The molecule has 4 nitrogen and oxygen atoms in total. The first-order valence-electron chi connectivity index (χ1n) is 3.09. The predicted octanol–water partition coefficient (Wildman–Crippen LogP) is 2.75. The van der Waals surface area contributed by atoms with Crippen molar-refractivity contribution >= 4 is 46.0 Å². The molecule has 0 N–H and O–H groups in total. The summed E-state index contributed by atoms with van der Waals surface area (Å²) >= 11 is 11.4. The summed E-state index contributed by atoms with van der Waals surface area (Å²) in [6.45, 7) is 0. The maximum absolute atomic E-state index is 5.12. The summed E-state index contributed by atoms with van der Waals surface area (Å²) in [4.78, 5) is 0. The van der Waals surface area contributed by atoms with E-state index in [0.29, 0.717) is 0 Å². The lowest BCUT2D eigenvalue weighted by molar-refractivity contribution is 0.349. The average Bonchev–Trinajstić information content (AvgIpc) is 2.17. The minimum Gasteiger partial charge on any atom is -0.325 e. The lowest BCUT2D eigenvalue weighted by Gasteiger charge is -2.23. The summed E-state index contributed by atoms with van der Waals surface area (Å²) in [5, 5.41) is 0. The minimum atomic E-state index is -2.39. The molecular weight excluding hydrogens is 270 g/mol. The summed E-state index contributed by atoms with van der Waals surface area (Å²) in [6.07, 6.45) is 0. The molecule has 0 aromatic carbocycles. The van der Waals surface area contributed by atoms with E-state index in [1.54, 1.807) is 0 Å². The van der Waals surface area contributed by atoms with Crippen LogP contribution in [0.4, 0.5) is 0 Å². The van der Waals surface area contributed by atoms with Gasteiger partial charge in [-0.1, -0.05) is 0 Å². The molecule has 0 unspecified atom stereocenters. The third-order valence-electron chi connectivity index (χ3n) is 1.09. The van der Waals surface area contributed by atoms with Crippen molar-refractivity contribution in [2.24, 2.45) is 0 Å². The number of hydrogen-bond donors (Lipinski definition) is 0. The molecule has 0 aliphatic carbocycles. The highest BCUT2D eigenvalue weighted by molar-refractivity contribution is 8.96. The Labute approximate surface area is 92.5 Å². The highest BCUT2D eigenvalue weighted by atomic mass is 33.2. The summed E-state index contributed by atoms with van der Waals surface area (Å²) in [7, 11) is 5.95. The van der Waals surface area contributed by atoms with E-state index in [4.69, 9.17) is 41.7 Å². The quantitative estimate of drug-likeness (QED) is 0.693. The third-order valence-corrected chi connectivity index (χ3v) is 15.3. The summed E-state index contributed by atoms with van der Waals surface area (Å²) in [5.41, 5.74) is -4.78. The fraction of sp³-hybridized carbons (Fsp3) is 1.00. The van der Waals surface area contributed by atoms with Crippen LogP contribution in [0.5, 0.6) is 0 Å². The van der Waals surface area contributed by atoms with Crippen LogP contribution in [0.3, 0.4) is 0 Å². The fourth-order valence-corrected chi connectivity index (χ4v) is 13.2. The summed E-state index contributed by atoms with van der Waals surface area (Å²) in [5.74, 6) is 0. The summed E-state index contributed by atoms with van der Waals surface area (Å²) in [6, 6.07) is 0. The molecule has 0 saturated heterocycles. The van der Waals surface area contributed by atoms with Crippen LogP contribution in [0, 0.1) is 0 Å². The Balaban J connectivity index is 4.57. The Morgan fingerprint density at radius 3 is 1.15 bits per heavy atom. The van der Waals surface area contributed by atoms with Gasteiger partial charge in [0.05, 0.1) is 0 Å². The topological polar surface area (TPSA) is 36.9 Å². The van der Waals surface area contributed by atoms with Crippen molar-refractivity contribution < 1.29 is 18.1 Å². The number of rotatable bonds is 6. The van der Waals surface area contributed by atoms with Crippen molar-refractivity contribution in [1.82, 2.24) is 0 Å². The zero-order chi connectivity index (χ0) is 10.5. The lowest BCUT2D eigenvalue weighted by Crippen LogP contribution is -1.87. The van der Waals surface area contributed by atoms with Gasteiger partial charge in [-0.05, 0) is 23.6 Å². The first kappa shape index (κ1) is 14.5. The van der Waals surface area contributed by atoms with Gasteiger partial charge in [-0.2, -0.15) is 0 Å². The molecule has 9 heteroatoms. The van der Waals surface area contributed by atoms with Crippen LogP contribution in [-0.4, -0.2) is 28.4 Å². The van der Waals surface area contributed by atoms with Gasteiger partial charge in [0.2, 0.25) is 0 Å². The molecule has 0 saturated carbocycles. The van der Waals surface area contributed by atoms with E-state index in [1.165, 1.54) is 28.4 Å². The third kappa shape index (κ3) is 4.69. The van der Waals surface area contributed by atoms with Crippen molar-refractivity contribution in [3.05, 3.63) is 0 Å². The molecule has 0 aliphatic rings. The highest BCUT2D eigenvalue weighted by Crippen LogP contribution is 2.78. The second-order valence-corrected chi connectivity index (χ2v) is 14.2. The standard InChI is InChI=1S/C4H12O4P2S3/c1-5-9(11,6-2)13-10(12,7-3)8-4/h1-4H3. The van der Waals surface area contributed by atoms with E-state index in [0.717, 1.165) is 11.0 Å². The first-order chi connectivity index (χ1) is 5.95. The molecule has 0 amide bonds. The van der Waals surface area contributed by atoms with Crippen LogP contribution in [0.1, 0.15) is 0 Å². The normalized spacial score (nSPS) is 13.2. The van der Waals surface area contributed by atoms with Gasteiger partial charge in [0.25, 0.3) is 11.4 Å². The highest BCUT2D eigenvalue weighted by Gasteiger charge is 2.29. The maximum Gasteiger partial charge on any atom is 0.255 e. The molecular formula is C4H12O4P2S3. The van der Waals surface area contributed by atoms with Crippen LogP contribution >= 0.6 is 22.4 Å². The molecule has 0 atom stereocenters. The van der Waals surface area contributed by atoms with E-state index in [1.807, 2.05) is 0 Å². The van der Waals surface area contributed by atoms with Crippen LogP contribution < -0.4 is 0 Å². The largest absolute Gasteiger partial charge is 0.325 e. The second kappa shape index (κ2) is 6.16. The van der Waals surface area contributed by atoms with Gasteiger partial charge < -0.3 is 18.1 Å². The van der Waals surface area contributed by atoms with Gasteiger partial charge >= 0.3 is 0 Å². The zero-order valence-electron chi connectivity index (χ0n) is 7.75. The van der Waals surface area contributed by atoms with Crippen molar-refractivity contribution in [3.8, 4) is 0 Å². The fourth-order valence-electron chi connectivity index (χ4n) is 0.405. The molecule has 0 heterocycles. The van der Waals surface area contributed by atoms with Crippen LogP contribution in [0.2, 0.25) is 0 Å². The van der Waals surface area contributed by atoms with Gasteiger partial charge in [0.1, 0.15) is 0 Å². The Bertz CT molecular complexity index is 206. The van der Waals surface area contributed by atoms with Crippen molar-refractivity contribution in [1.29, 1.82) is 0 Å². The lowest BCUT2D eigenvalue weighted by atomic mass is 11.8. The van der Waals surface area contributed by atoms with Gasteiger partial charge in [0.15, 0.2) is 0 Å². The minimum absolute atomic E-state index is 1.16. The monoisotopic (exact) mass is 282 g/mol. The molecule has 0 aromatic heterocycles. The van der Waals surface area contributed by atoms with Gasteiger partial charge in [-0.15, -0.1) is 0 Å². The van der Waals surface area contributed by atoms with E-state index >= 15 is 0 Å². The number of hydrogen-bond acceptors (Lipinski definition) is 7. The molecule has 80 valence electrons. The second-order valence-electron chi connectivity index (χ2n) is 1.71. The first-order valence-corrected chi connectivity index (χ1v) is 10.4. The van der Waals surface area contributed by atoms with E-state index in [-0.39, 0.29) is 0 Å². The van der Waals surface area contributed by atoms with Gasteiger partial charge in [-0.3, -0.25) is 0 Å². The molecule has 0 radical (unpaired) electrons. The van der Waals surface area contributed by atoms with Crippen molar-refractivity contribution in [2.75, 3.05) is 28.4 Å². The Kier molecular flexibility index (Phi) is 6.86. The molecule has 0 aliphatic heterocycles. The molecule has 0 rings (SSSR count). The predicted molar refractivity (Wildman–Crippen MR) is 64.2 cm³/mol. The Hall–Kier alpha value is 1.49. The van der Waals surface area contributed by atoms with Gasteiger partial charge in [-0.25, -0.2) is 0 Å². The van der Waals surface area contributed by atoms with Crippen LogP contribution in [0.25, 0.3) is 0 Å². The van der Waals surface area contributed by atoms with E-state index in [9.17, 15) is 0 Å². The van der Waals surface area contributed by atoms with Crippen molar-refractivity contribution in [3.63, 3.8) is 0 Å². The maximum atomic E-state index is 5.12. The summed E-state index contributed by atoms with van der Waals surface area (Å²) < 4.78 is 20.2. The van der Waals surface area contributed by atoms with Gasteiger partial charge in [0, 0.05) is 39.4 Å². The van der Waals surface area contributed by atoms with Crippen LogP contribution in [0.15, 0.2) is 0 Å². The van der Waals surface area contributed by atoms with Crippen LogP contribution in [-0.2, 0) is 41.7 Å². The average molecular weight is 282 g/mol.